The Hall–Kier alpha value is -3.32. The molecule has 1 unspecified atom stereocenters. The number of amides is 2. The molecule has 0 radical (unpaired) electrons. The number of benzene rings is 2. The molecule has 0 aliphatic carbocycles. The molecule has 0 bridgehead atoms. The Labute approximate surface area is 154 Å². The van der Waals surface area contributed by atoms with Crippen molar-refractivity contribution >= 4 is 22.7 Å². The van der Waals surface area contributed by atoms with E-state index in [9.17, 15) is 19.5 Å². The van der Waals surface area contributed by atoms with Crippen LogP contribution in [0.15, 0.2) is 53.3 Å². The summed E-state index contributed by atoms with van der Waals surface area (Å²) in [6.45, 7) is 1.43. The Morgan fingerprint density at radius 3 is 2.19 bits per heavy atom. The van der Waals surface area contributed by atoms with E-state index in [1.54, 1.807) is 55.5 Å². The van der Waals surface area contributed by atoms with E-state index >= 15 is 0 Å². The molecule has 136 valence electrons. The maximum Gasteiger partial charge on any atom is 0.261 e. The average Bonchev–Trinajstić information content (AvgIpc) is 2.90. The zero-order valence-electron chi connectivity index (χ0n) is 14.6. The highest BCUT2D eigenvalue weighted by Gasteiger charge is 2.36. The van der Waals surface area contributed by atoms with Crippen molar-refractivity contribution in [2.45, 2.75) is 19.6 Å². The van der Waals surface area contributed by atoms with Crippen LogP contribution in [-0.4, -0.2) is 44.0 Å². The molecule has 1 aliphatic heterocycles. The number of para-hydroxylation sites is 1. The van der Waals surface area contributed by atoms with E-state index in [1.807, 2.05) is 0 Å². The molecule has 7 heteroatoms. The number of aliphatic hydroxyl groups is 1. The van der Waals surface area contributed by atoms with E-state index in [1.165, 1.54) is 4.57 Å². The second kappa shape index (κ2) is 6.44. The lowest BCUT2D eigenvalue weighted by Crippen LogP contribution is -2.40. The number of rotatable bonds is 4. The van der Waals surface area contributed by atoms with Crippen molar-refractivity contribution < 1.29 is 14.7 Å². The van der Waals surface area contributed by atoms with Gasteiger partial charge in [0.25, 0.3) is 17.4 Å². The van der Waals surface area contributed by atoms with Gasteiger partial charge >= 0.3 is 0 Å². The lowest BCUT2D eigenvalue weighted by molar-refractivity contribution is 0.0518. The number of nitrogens with zero attached hydrogens (tertiary/aromatic N) is 3. The molecule has 0 saturated carbocycles. The van der Waals surface area contributed by atoms with Crippen LogP contribution >= 0.6 is 0 Å². The molecule has 0 saturated heterocycles. The predicted octanol–water partition coefficient (Wildman–Crippen LogP) is 1.36. The van der Waals surface area contributed by atoms with Crippen LogP contribution in [0.1, 0.15) is 26.5 Å². The Balaban J connectivity index is 1.58. The lowest BCUT2D eigenvalue weighted by atomic mass is 10.1. The Morgan fingerprint density at radius 1 is 0.926 bits per heavy atom. The van der Waals surface area contributed by atoms with E-state index in [0.29, 0.717) is 27.9 Å². The van der Waals surface area contributed by atoms with Gasteiger partial charge in [-0.1, -0.05) is 24.3 Å². The largest absolute Gasteiger partial charge is 0.389 e. The molecule has 3 aromatic rings. The molecule has 4 rings (SSSR count). The number of aryl methyl sites for hydroxylation is 1. The predicted molar refractivity (Wildman–Crippen MR) is 98.6 cm³/mol. The summed E-state index contributed by atoms with van der Waals surface area (Å²) in [6, 6.07) is 13.5. The Morgan fingerprint density at radius 2 is 1.52 bits per heavy atom. The van der Waals surface area contributed by atoms with Gasteiger partial charge in [0.05, 0.1) is 41.2 Å². The smallest absolute Gasteiger partial charge is 0.261 e. The fourth-order valence-corrected chi connectivity index (χ4v) is 3.38. The monoisotopic (exact) mass is 363 g/mol. The first-order valence-corrected chi connectivity index (χ1v) is 8.57. The van der Waals surface area contributed by atoms with E-state index in [0.717, 1.165) is 4.90 Å². The zero-order valence-corrected chi connectivity index (χ0v) is 14.6. The van der Waals surface area contributed by atoms with Crippen LogP contribution in [0.3, 0.4) is 0 Å². The van der Waals surface area contributed by atoms with Crippen molar-refractivity contribution in [3.8, 4) is 0 Å². The molecule has 1 atom stereocenters. The van der Waals surface area contributed by atoms with Crippen molar-refractivity contribution in [2.75, 3.05) is 6.54 Å². The molecule has 1 aliphatic rings. The summed E-state index contributed by atoms with van der Waals surface area (Å²) in [5.74, 6) is -0.411. The fraction of sp³-hybridized carbons (Fsp3) is 0.200. The molecule has 2 amide bonds. The molecule has 1 aromatic heterocycles. The third-order valence-corrected chi connectivity index (χ3v) is 4.72. The van der Waals surface area contributed by atoms with Crippen LogP contribution in [0.2, 0.25) is 0 Å². The second-order valence-electron chi connectivity index (χ2n) is 6.51. The van der Waals surface area contributed by atoms with Crippen molar-refractivity contribution in [3.05, 3.63) is 75.8 Å². The van der Waals surface area contributed by atoms with Crippen LogP contribution in [0, 0.1) is 6.92 Å². The quantitative estimate of drug-likeness (QED) is 0.707. The van der Waals surface area contributed by atoms with Gasteiger partial charge in [-0.2, -0.15) is 0 Å². The highest BCUT2D eigenvalue weighted by molar-refractivity contribution is 6.21. The summed E-state index contributed by atoms with van der Waals surface area (Å²) in [4.78, 5) is 42.9. The number of carbonyl (C=O) groups excluding carboxylic acids is 2. The summed E-state index contributed by atoms with van der Waals surface area (Å²) >= 11 is 0. The number of aliphatic hydroxyl groups excluding tert-OH is 1. The molecule has 2 heterocycles. The van der Waals surface area contributed by atoms with Gasteiger partial charge in [0.15, 0.2) is 0 Å². The number of β-amino-alcohol motifs (C(OH)–C–C–N with tert-alkyl or cyclic N) is 1. The third kappa shape index (κ3) is 2.82. The van der Waals surface area contributed by atoms with Crippen LogP contribution < -0.4 is 5.56 Å². The fourth-order valence-electron chi connectivity index (χ4n) is 3.38. The summed E-state index contributed by atoms with van der Waals surface area (Å²) in [5, 5.41) is 10.9. The van der Waals surface area contributed by atoms with Crippen molar-refractivity contribution in [1.82, 2.24) is 14.5 Å². The first-order valence-electron chi connectivity index (χ1n) is 8.57. The molecule has 1 N–H and O–H groups in total. The standard InChI is InChI=1S/C20H17N3O4/c1-12-21-17-9-5-4-8-16(17)20(27)22(12)10-13(24)11-23-18(25)14-6-2-3-7-15(14)19(23)26/h2-9,13,24H,10-11H2,1H3. The first-order chi connectivity index (χ1) is 13.0. The highest BCUT2D eigenvalue weighted by atomic mass is 16.3. The number of hydrogen-bond acceptors (Lipinski definition) is 5. The van der Waals surface area contributed by atoms with Gasteiger partial charge in [0.1, 0.15) is 5.82 Å². The van der Waals surface area contributed by atoms with Gasteiger partial charge in [-0.15, -0.1) is 0 Å². The molecule has 27 heavy (non-hydrogen) atoms. The summed E-state index contributed by atoms with van der Waals surface area (Å²) in [7, 11) is 0. The van der Waals surface area contributed by atoms with Gasteiger partial charge in [0.2, 0.25) is 0 Å². The summed E-state index contributed by atoms with van der Waals surface area (Å²) in [6.07, 6.45) is -1.09. The topological polar surface area (TPSA) is 92.5 Å². The first kappa shape index (κ1) is 17.1. The van der Waals surface area contributed by atoms with Crippen LogP contribution in [0.5, 0.6) is 0 Å². The molecular formula is C20H17N3O4. The molecule has 7 nitrogen and oxygen atoms in total. The molecular weight excluding hydrogens is 346 g/mol. The second-order valence-corrected chi connectivity index (χ2v) is 6.51. The minimum Gasteiger partial charge on any atom is -0.389 e. The van der Waals surface area contributed by atoms with Gasteiger partial charge in [-0.3, -0.25) is 23.9 Å². The van der Waals surface area contributed by atoms with E-state index in [2.05, 4.69) is 4.98 Å². The maximum absolute atomic E-state index is 12.7. The molecule has 2 aromatic carbocycles. The third-order valence-electron chi connectivity index (χ3n) is 4.72. The van der Waals surface area contributed by atoms with E-state index in [-0.39, 0.29) is 18.6 Å². The van der Waals surface area contributed by atoms with Crippen LogP contribution in [0.4, 0.5) is 0 Å². The van der Waals surface area contributed by atoms with E-state index < -0.39 is 17.9 Å². The van der Waals surface area contributed by atoms with Gasteiger partial charge in [-0.05, 0) is 31.2 Å². The van der Waals surface area contributed by atoms with Crippen molar-refractivity contribution in [3.63, 3.8) is 0 Å². The number of hydrogen-bond donors (Lipinski definition) is 1. The zero-order chi connectivity index (χ0) is 19.1. The number of imide groups is 1. The average molecular weight is 363 g/mol. The number of aromatic nitrogens is 2. The summed E-state index contributed by atoms with van der Waals surface area (Å²) in [5.41, 5.74) is 0.983. The summed E-state index contributed by atoms with van der Waals surface area (Å²) < 4.78 is 1.37. The molecule has 0 spiro atoms. The normalized spacial score (nSPS) is 14.7. The van der Waals surface area contributed by atoms with Gasteiger partial charge < -0.3 is 5.11 Å². The Kier molecular flexibility index (Phi) is 4.08. The number of carbonyl (C=O) groups is 2. The van der Waals surface area contributed by atoms with Crippen molar-refractivity contribution in [2.24, 2.45) is 0 Å². The SMILES string of the molecule is Cc1nc2ccccc2c(=O)n1CC(O)CN1C(=O)c2ccccc2C1=O. The minimum absolute atomic E-state index is 0.0596. The molecule has 0 fully saturated rings. The highest BCUT2D eigenvalue weighted by Crippen LogP contribution is 2.22. The van der Waals surface area contributed by atoms with Crippen molar-refractivity contribution in [1.29, 1.82) is 0 Å². The van der Waals surface area contributed by atoms with Crippen LogP contribution in [-0.2, 0) is 6.54 Å². The van der Waals surface area contributed by atoms with Gasteiger partial charge in [0, 0.05) is 0 Å². The van der Waals surface area contributed by atoms with Crippen LogP contribution in [0.25, 0.3) is 10.9 Å². The maximum atomic E-state index is 12.7. The van der Waals surface area contributed by atoms with Gasteiger partial charge in [-0.25, -0.2) is 4.98 Å². The minimum atomic E-state index is -1.09. The number of fused-ring (bicyclic) bond motifs is 2. The van der Waals surface area contributed by atoms with E-state index in [4.69, 9.17) is 0 Å². The Bertz CT molecular complexity index is 1100. The lowest BCUT2D eigenvalue weighted by Gasteiger charge is -2.20.